The minimum atomic E-state index is -3.21. The lowest BCUT2D eigenvalue weighted by atomic mass is 9.70. The number of piperidine rings is 2. The topological polar surface area (TPSA) is 67.2 Å². The molecule has 3 aliphatic rings. The van der Waals surface area contributed by atoms with Crippen molar-refractivity contribution in [1.29, 1.82) is 0 Å². The van der Waals surface area contributed by atoms with E-state index in [2.05, 4.69) is 52.0 Å². The molecule has 7 heteroatoms. The molecule has 0 radical (unpaired) electrons. The molecule has 36 heavy (non-hydrogen) atoms. The smallest absolute Gasteiger partial charge is 0.175 e. The van der Waals surface area contributed by atoms with Crippen LogP contribution in [0.15, 0.2) is 53.4 Å². The maximum atomic E-state index is 12.3. The van der Waals surface area contributed by atoms with Crippen LogP contribution in [0.3, 0.4) is 0 Å². The van der Waals surface area contributed by atoms with Crippen molar-refractivity contribution in [2.24, 2.45) is 0 Å². The largest absolute Gasteiger partial charge is 0.325 e. The van der Waals surface area contributed by atoms with Gasteiger partial charge in [0.15, 0.2) is 9.84 Å². The number of benzene rings is 2. The van der Waals surface area contributed by atoms with Gasteiger partial charge in [-0.15, -0.1) is 0 Å². The summed E-state index contributed by atoms with van der Waals surface area (Å²) in [4.78, 5) is 8.09. The second-order valence-electron chi connectivity index (χ2n) is 11.3. The minimum absolute atomic E-state index is 0.0410. The molecule has 2 bridgehead atoms. The van der Waals surface area contributed by atoms with Crippen LogP contribution < -0.4 is 5.32 Å². The fourth-order valence-corrected chi connectivity index (χ4v) is 8.10. The second kappa shape index (κ2) is 9.26. The number of rotatable bonds is 6. The Morgan fingerprint density at radius 1 is 1.00 bits per heavy atom. The van der Waals surface area contributed by atoms with Crippen LogP contribution in [0.5, 0.6) is 0 Å². The number of hydrogen-bond donors (Lipinski definition) is 1. The lowest BCUT2D eigenvalue weighted by Gasteiger charge is -2.44. The monoisotopic (exact) mass is 506 g/mol. The number of nitrogens with one attached hydrogen (secondary N) is 1. The number of aryl methyl sites for hydroxylation is 1. The van der Waals surface area contributed by atoms with Crippen molar-refractivity contribution in [2.75, 3.05) is 25.9 Å². The zero-order valence-electron chi connectivity index (χ0n) is 21.5. The molecule has 3 atom stereocenters. The number of para-hydroxylation sites is 2. The van der Waals surface area contributed by atoms with E-state index < -0.39 is 9.84 Å². The SMILES string of the molecule is Cc1nc2ccccc2n1[C@H]1C[C@H]2CC[C@@H](C1)N2CCC1(c2cccc(S(C)(=O)=O)c2)CCNCC1. The van der Waals surface area contributed by atoms with Crippen molar-refractivity contribution in [3.63, 3.8) is 0 Å². The summed E-state index contributed by atoms with van der Waals surface area (Å²) in [5, 5.41) is 3.52. The van der Waals surface area contributed by atoms with E-state index in [1.807, 2.05) is 12.1 Å². The Labute approximate surface area is 215 Å². The molecule has 3 saturated heterocycles. The molecule has 3 fully saturated rings. The van der Waals surface area contributed by atoms with Gasteiger partial charge in [0.25, 0.3) is 0 Å². The standard InChI is InChI=1S/C29H38N4O2S/c1-21-31-27-8-3-4-9-28(27)33(21)25-19-23-10-11-24(20-25)32(23)17-14-29(12-15-30-16-13-29)22-6-5-7-26(18-22)36(2,34)35/h3-9,18,23-25,30H,10-17,19-20H2,1-2H3/t23-,24+,25+. The van der Waals surface area contributed by atoms with Gasteiger partial charge >= 0.3 is 0 Å². The van der Waals surface area contributed by atoms with Gasteiger partial charge in [-0.1, -0.05) is 24.3 Å². The summed E-state index contributed by atoms with van der Waals surface area (Å²) in [6.45, 7) is 5.23. The molecule has 192 valence electrons. The third-order valence-corrected chi connectivity index (χ3v) is 10.4. The van der Waals surface area contributed by atoms with Gasteiger partial charge in [0.2, 0.25) is 0 Å². The predicted octanol–water partition coefficient (Wildman–Crippen LogP) is 4.63. The first kappa shape index (κ1) is 24.1. The van der Waals surface area contributed by atoms with Crippen LogP contribution in [0.25, 0.3) is 11.0 Å². The molecule has 0 saturated carbocycles. The van der Waals surface area contributed by atoms with Crippen LogP contribution in [-0.2, 0) is 15.3 Å². The number of aromatic nitrogens is 2. The molecule has 1 aromatic heterocycles. The Hall–Kier alpha value is -2.22. The lowest BCUT2D eigenvalue weighted by Crippen LogP contribution is -2.47. The Bertz CT molecular complexity index is 1340. The first-order valence-corrected chi connectivity index (χ1v) is 15.4. The predicted molar refractivity (Wildman–Crippen MR) is 144 cm³/mol. The van der Waals surface area contributed by atoms with Crippen molar-refractivity contribution in [2.45, 2.75) is 80.3 Å². The van der Waals surface area contributed by atoms with Gasteiger partial charge < -0.3 is 9.88 Å². The maximum Gasteiger partial charge on any atom is 0.175 e. The van der Waals surface area contributed by atoms with Crippen LogP contribution >= 0.6 is 0 Å². The number of sulfone groups is 1. The zero-order valence-corrected chi connectivity index (χ0v) is 22.3. The van der Waals surface area contributed by atoms with E-state index in [1.54, 1.807) is 6.07 Å². The highest BCUT2D eigenvalue weighted by molar-refractivity contribution is 7.90. The van der Waals surface area contributed by atoms with E-state index in [4.69, 9.17) is 4.98 Å². The third kappa shape index (κ3) is 4.29. The van der Waals surface area contributed by atoms with E-state index in [9.17, 15) is 8.42 Å². The molecule has 4 heterocycles. The van der Waals surface area contributed by atoms with Gasteiger partial charge in [-0.3, -0.25) is 4.90 Å². The average molecular weight is 507 g/mol. The molecular formula is C29H38N4O2S. The van der Waals surface area contributed by atoms with E-state index in [-0.39, 0.29) is 5.41 Å². The Balaban J connectivity index is 1.22. The fraction of sp³-hybridized carbons (Fsp3) is 0.552. The minimum Gasteiger partial charge on any atom is -0.325 e. The van der Waals surface area contributed by atoms with Crippen molar-refractivity contribution in [3.05, 3.63) is 59.9 Å². The quantitative estimate of drug-likeness (QED) is 0.528. The second-order valence-corrected chi connectivity index (χ2v) is 13.4. The van der Waals surface area contributed by atoms with Crippen molar-refractivity contribution < 1.29 is 8.42 Å². The van der Waals surface area contributed by atoms with E-state index >= 15 is 0 Å². The van der Waals surface area contributed by atoms with Gasteiger partial charge in [-0.05, 0) is 107 Å². The summed E-state index contributed by atoms with van der Waals surface area (Å²) in [7, 11) is -3.21. The summed E-state index contributed by atoms with van der Waals surface area (Å²) < 4.78 is 27.1. The molecule has 2 aromatic carbocycles. The molecule has 6 rings (SSSR count). The highest BCUT2D eigenvalue weighted by atomic mass is 32.2. The highest BCUT2D eigenvalue weighted by Gasteiger charge is 2.43. The molecule has 6 nitrogen and oxygen atoms in total. The Morgan fingerprint density at radius 2 is 1.72 bits per heavy atom. The molecule has 0 aliphatic carbocycles. The van der Waals surface area contributed by atoms with Crippen LogP contribution in [0.4, 0.5) is 0 Å². The normalized spacial score (nSPS) is 26.4. The maximum absolute atomic E-state index is 12.3. The first-order valence-electron chi connectivity index (χ1n) is 13.5. The summed E-state index contributed by atoms with van der Waals surface area (Å²) in [5.74, 6) is 1.13. The number of fused-ring (bicyclic) bond motifs is 3. The van der Waals surface area contributed by atoms with Crippen LogP contribution in [0, 0.1) is 6.92 Å². The van der Waals surface area contributed by atoms with Crippen LogP contribution in [0.2, 0.25) is 0 Å². The Kier molecular flexibility index (Phi) is 6.21. The first-order chi connectivity index (χ1) is 17.3. The summed E-state index contributed by atoms with van der Waals surface area (Å²) in [6, 6.07) is 18.1. The number of imidazole rings is 1. The molecular weight excluding hydrogens is 468 g/mol. The molecule has 0 spiro atoms. The summed E-state index contributed by atoms with van der Waals surface area (Å²) in [5.41, 5.74) is 3.62. The van der Waals surface area contributed by atoms with Crippen molar-refractivity contribution in [3.8, 4) is 0 Å². The van der Waals surface area contributed by atoms with E-state index in [0.29, 0.717) is 23.0 Å². The third-order valence-electron chi connectivity index (χ3n) is 9.28. The summed E-state index contributed by atoms with van der Waals surface area (Å²) >= 11 is 0. The summed E-state index contributed by atoms with van der Waals surface area (Å²) in [6.07, 6.45) is 9.47. The molecule has 0 amide bonds. The molecule has 0 unspecified atom stereocenters. The Morgan fingerprint density at radius 3 is 2.44 bits per heavy atom. The van der Waals surface area contributed by atoms with Gasteiger partial charge in [-0.25, -0.2) is 13.4 Å². The number of nitrogens with zero attached hydrogens (tertiary/aromatic N) is 3. The molecule has 1 N–H and O–H groups in total. The lowest BCUT2D eigenvalue weighted by molar-refractivity contribution is 0.0929. The fourth-order valence-electron chi connectivity index (χ4n) is 7.44. The van der Waals surface area contributed by atoms with Gasteiger partial charge in [0.1, 0.15) is 5.82 Å². The highest BCUT2D eigenvalue weighted by Crippen LogP contribution is 2.44. The zero-order chi connectivity index (χ0) is 24.9. The van der Waals surface area contributed by atoms with Crippen LogP contribution in [0.1, 0.15) is 62.4 Å². The van der Waals surface area contributed by atoms with E-state index in [1.165, 1.54) is 43.0 Å². The van der Waals surface area contributed by atoms with Crippen molar-refractivity contribution >= 4 is 20.9 Å². The average Bonchev–Trinajstić information content (AvgIpc) is 3.33. The number of hydrogen-bond acceptors (Lipinski definition) is 5. The van der Waals surface area contributed by atoms with Crippen LogP contribution in [-0.4, -0.2) is 60.8 Å². The van der Waals surface area contributed by atoms with Gasteiger partial charge in [0, 0.05) is 24.4 Å². The van der Waals surface area contributed by atoms with E-state index in [0.717, 1.165) is 50.2 Å². The van der Waals surface area contributed by atoms with Gasteiger partial charge in [-0.2, -0.15) is 0 Å². The molecule has 3 aromatic rings. The van der Waals surface area contributed by atoms with Gasteiger partial charge in [0.05, 0.1) is 15.9 Å². The van der Waals surface area contributed by atoms with Crippen molar-refractivity contribution in [1.82, 2.24) is 19.8 Å². The molecule has 3 aliphatic heterocycles.